The minimum atomic E-state index is -1.98. The molecule has 0 aromatic heterocycles. The Morgan fingerprint density at radius 3 is 2.17 bits per heavy atom. The van der Waals surface area contributed by atoms with Gasteiger partial charge in [0, 0.05) is 6.16 Å². The van der Waals surface area contributed by atoms with E-state index in [4.69, 9.17) is 5.11 Å². The summed E-state index contributed by atoms with van der Waals surface area (Å²) < 4.78 is 11.4. The minimum Gasteiger partial charge on any atom is -0.508 e. The number of phenols is 1. The molecule has 1 rings (SSSR count). The number of phenolic OH excluding ortho intramolecular Hbond substituents is 1. The normalized spacial score (nSPS) is 11.5. The molecule has 0 heterocycles. The second-order valence-corrected chi connectivity index (χ2v) is 6.86. The summed E-state index contributed by atoms with van der Waals surface area (Å²) in [7, 11) is -1.98. The minimum absolute atomic E-state index is 0.251. The van der Waals surface area contributed by atoms with Gasteiger partial charge in [0.25, 0.3) is 0 Å². The van der Waals surface area contributed by atoms with Crippen LogP contribution >= 0.6 is 7.14 Å². The molecule has 12 heavy (non-hydrogen) atoms. The molecular formula is C9H13O2P. The lowest BCUT2D eigenvalue weighted by molar-refractivity contribution is 0.475. The molecule has 0 fully saturated rings. The zero-order valence-electron chi connectivity index (χ0n) is 7.32. The summed E-state index contributed by atoms with van der Waals surface area (Å²) >= 11 is 0. The van der Waals surface area contributed by atoms with E-state index >= 15 is 0 Å². The van der Waals surface area contributed by atoms with E-state index in [0.717, 1.165) is 5.56 Å². The summed E-state index contributed by atoms with van der Waals surface area (Å²) in [5, 5.41) is 8.99. The predicted octanol–water partition coefficient (Wildman–Crippen LogP) is 2.51. The van der Waals surface area contributed by atoms with Gasteiger partial charge in [-0.1, -0.05) is 12.1 Å². The predicted molar refractivity (Wildman–Crippen MR) is 51.3 cm³/mol. The Morgan fingerprint density at radius 1 is 1.25 bits per heavy atom. The smallest absolute Gasteiger partial charge is 0.115 e. The van der Waals surface area contributed by atoms with E-state index in [0.29, 0.717) is 6.16 Å². The van der Waals surface area contributed by atoms with Crippen molar-refractivity contribution in [2.24, 2.45) is 0 Å². The highest BCUT2D eigenvalue weighted by atomic mass is 31.2. The molecule has 0 radical (unpaired) electrons. The van der Waals surface area contributed by atoms with Crippen LogP contribution in [-0.2, 0) is 10.7 Å². The largest absolute Gasteiger partial charge is 0.508 e. The van der Waals surface area contributed by atoms with Gasteiger partial charge in [-0.25, -0.2) is 0 Å². The van der Waals surface area contributed by atoms with Gasteiger partial charge in [0.2, 0.25) is 0 Å². The molecule has 0 aliphatic carbocycles. The van der Waals surface area contributed by atoms with E-state index in [1.54, 1.807) is 37.6 Å². The van der Waals surface area contributed by atoms with Gasteiger partial charge in [0.05, 0.1) is 7.14 Å². The first-order chi connectivity index (χ1) is 5.47. The Bertz CT molecular complexity index is 297. The molecule has 0 unspecified atom stereocenters. The second kappa shape index (κ2) is 3.32. The number of hydrogen-bond donors (Lipinski definition) is 1. The first kappa shape index (κ1) is 9.34. The van der Waals surface area contributed by atoms with Gasteiger partial charge in [-0.05, 0) is 31.0 Å². The van der Waals surface area contributed by atoms with Gasteiger partial charge in [-0.3, -0.25) is 0 Å². The molecule has 0 aliphatic heterocycles. The summed E-state index contributed by atoms with van der Waals surface area (Å²) in [6, 6.07) is 6.83. The van der Waals surface area contributed by atoms with Crippen molar-refractivity contribution < 1.29 is 9.67 Å². The van der Waals surface area contributed by atoms with Crippen LogP contribution in [0.3, 0.4) is 0 Å². The van der Waals surface area contributed by atoms with Crippen molar-refractivity contribution >= 4 is 7.14 Å². The molecule has 1 aromatic rings. The van der Waals surface area contributed by atoms with E-state index in [9.17, 15) is 4.57 Å². The first-order valence-corrected chi connectivity index (χ1v) is 6.58. The zero-order valence-corrected chi connectivity index (χ0v) is 8.21. The van der Waals surface area contributed by atoms with E-state index in [2.05, 4.69) is 0 Å². The third kappa shape index (κ3) is 3.10. The topological polar surface area (TPSA) is 37.3 Å². The molecule has 2 nitrogen and oxygen atoms in total. The zero-order chi connectivity index (χ0) is 9.19. The van der Waals surface area contributed by atoms with Crippen molar-refractivity contribution in [3.63, 3.8) is 0 Å². The van der Waals surface area contributed by atoms with Crippen LogP contribution in [0, 0.1) is 0 Å². The van der Waals surface area contributed by atoms with E-state index in [1.165, 1.54) is 0 Å². The molecule has 0 atom stereocenters. The van der Waals surface area contributed by atoms with Crippen LogP contribution in [0.5, 0.6) is 5.75 Å². The Balaban J connectivity index is 2.78. The van der Waals surface area contributed by atoms with Crippen molar-refractivity contribution in [2.75, 3.05) is 13.3 Å². The van der Waals surface area contributed by atoms with Gasteiger partial charge in [-0.2, -0.15) is 0 Å². The first-order valence-electron chi connectivity index (χ1n) is 3.79. The van der Waals surface area contributed by atoms with Gasteiger partial charge in [-0.15, -0.1) is 0 Å². The van der Waals surface area contributed by atoms with E-state index in [-0.39, 0.29) is 5.75 Å². The van der Waals surface area contributed by atoms with Crippen LogP contribution in [0.4, 0.5) is 0 Å². The van der Waals surface area contributed by atoms with Crippen molar-refractivity contribution in [2.45, 2.75) is 6.16 Å². The molecule has 3 heteroatoms. The summed E-state index contributed by atoms with van der Waals surface area (Å²) in [6.07, 6.45) is 0.604. The average Bonchev–Trinajstić information content (AvgIpc) is 1.91. The summed E-state index contributed by atoms with van der Waals surface area (Å²) in [6.45, 7) is 3.53. The van der Waals surface area contributed by atoms with Gasteiger partial charge >= 0.3 is 0 Å². The van der Waals surface area contributed by atoms with Gasteiger partial charge < -0.3 is 9.67 Å². The fourth-order valence-corrected chi connectivity index (χ4v) is 2.13. The molecule has 0 spiro atoms. The average molecular weight is 184 g/mol. The number of benzene rings is 1. The van der Waals surface area contributed by atoms with E-state index in [1.807, 2.05) is 0 Å². The van der Waals surface area contributed by atoms with Gasteiger partial charge in [0.1, 0.15) is 5.75 Å². The van der Waals surface area contributed by atoms with Crippen LogP contribution in [-0.4, -0.2) is 18.4 Å². The van der Waals surface area contributed by atoms with Gasteiger partial charge in [0.15, 0.2) is 0 Å². The van der Waals surface area contributed by atoms with Crippen LogP contribution in [0.1, 0.15) is 5.56 Å². The van der Waals surface area contributed by atoms with Crippen LogP contribution in [0.2, 0.25) is 0 Å². The van der Waals surface area contributed by atoms with Crippen molar-refractivity contribution in [3.05, 3.63) is 29.8 Å². The standard InChI is InChI=1S/C9H13O2P/c1-12(2,11)7-8-3-5-9(10)6-4-8/h3-6,10H,7H2,1-2H3. The fraction of sp³-hybridized carbons (Fsp3) is 0.333. The molecule has 0 saturated heterocycles. The molecule has 0 aliphatic rings. The summed E-state index contributed by atoms with van der Waals surface area (Å²) in [5.74, 6) is 0.251. The highest BCUT2D eigenvalue weighted by Gasteiger charge is 2.07. The molecule has 0 amide bonds. The van der Waals surface area contributed by atoms with Crippen molar-refractivity contribution in [1.29, 1.82) is 0 Å². The number of aromatic hydroxyl groups is 1. The lowest BCUT2D eigenvalue weighted by Crippen LogP contribution is -1.84. The quantitative estimate of drug-likeness (QED) is 0.717. The molecule has 66 valence electrons. The molecule has 1 aromatic carbocycles. The highest BCUT2D eigenvalue weighted by Crippen LogP contribution is 2.40. The van der Waals surface area contributed by atoms with Crippen LogP contribution < -0.4 is 0 Å². The van der Waals surface area contributed by atoms with Crippen LogP contribution in [0.25, 0.3) is 0 Å². The Labute approximate surface area is 72.6 Å². The summed E-state index contributed by atoms with van der Waals surface area (Å²) in [5.41, 5.74) is 1.01. The maximum absolute atomic E-state index is 11.4. The second-order valence-electron chi connectivity index (χ2n) is 3.40. The molecule has 0 bridgehead atoms. The number of rotatable bonds is 2. The fourth-order valence-electron chi connectivity index (χ4n) is 1.04. The molecular weight excluding hydrogens is 171 g/mol. The lowest BCUT2D eigenvalue weighted by Gasteiger charge is -2.05. The van der Waals surface area contributed by atoms with Crippen molar-refractivity contribution in [1.82, 2.24) is 0 Å². The Kier molecular flexibility index (Phi) is 2.58. The monoisotopic (exact) mass is 184 g/mol. The van der Waals surface area contributed by atoms with Crippen LogP contribution in [0.15, 0.2) is 24.3 Å². The lowest BCUT2D eigenvalue weighted by atomic mass is 10.2. The third-order valence-corrected chi connectivity index (χ3v) is 2.63. The summed E-state index contributed by atoms with van der Waals surface area (Å²) in [4.78, 5) is 0. The number of hydrogen-bond acceptors (Lipinski definition) is 2. The maximum atomic E-state index is 11.4. The third-order valence-electron chi connectivity index (χ3n) is 1.50. The maximum Gasteiger partial charge on any atom is 0.115 e. The Hall–Kier alpha value is -0.750. The SMILES string of the molecule is CP(C)(=O)Cc1ccc(O)cc1. The van der Waals surface area contributed by atoms with Crippen molar-refractivity contribution in [3.8, 4) is 5.75 Å². The molecule has 0 saturated carbocycles. The van der Waals surface area contributed by atoms with E-state index < -0.39 is 7.14 Å². The highest BCUT2D eigenvalue weighted by molar-refractivity contribution is 7.61. The Morgan fingerprint density at radius 2 is 1.75 bits per heavy atom. The molecule has 1 N–H and O–H groups in total.